The van der Waals surface area contributed by atoms with Crippen molar-refractivity contribution in [2.75, 3.05) is 5.32 Å². The highest BCUT2D eigenvalue weighted by Gasteiger charge is 2.16. The van der Waals surface area contributed by atoms with Crippen molar-refractivity contribution in [2.45, 2.75) is 6.92 Å². The number of anilines is 1. The molecule has 1 aromatic carbocycles. The molecule has 3 aromatic heterocycles. The topological polar surface area (TPSA) is 59.8 Å². The van der Waals surface area contributed by atoms with Crippen molar-refractivity contribution >= 4 is 34.0 Å². The minimum atomic E-state index is -0.199. The van der Waals surface area contributed by atoms with Gasteiger partial charge >= 0.3 is 0 Å². The van der Waals surface area contributed by atoms with Crippen LogP contribution in [0.15, 0.2) is 54.2 Å². The Morgan fingerprint density at radius 2 is 2.04 bits per heavy atom. The summed E-state index contributed by atoms with van der Waals surface area (Å²) in [4.78, 5) is 21.4. The third-order valence-corrected chi connectivity index (χ3v) is 4.97. The average Bonchev–Trinajstić information content (AvgIpc) is 3.23. The predicted octanol–water partition coefficient (Wildman–Crippen LogP) is 4.26. The molecule has 3 heterocycles. The van der Waals surface area contributed by atoms with Crippen molar-refractivity contribution in [1.29, 1.82) is 0 Å². The van der Waals surface area contributed by atoms with Crippen LogP contribution in [0.1, 0.15) is 16.1 Å². The highest BCUT2D eigenvalue weighted by molar-refractivity contribution is 7.13. The van der Waals surface area contributed by atoms with Crippen LogP contribution in [0.25, 0.3) is 21.6 Å². The van der Waals surface area contributed by atoms with Gasteiger partial charge in [0.05, 0.1) is 0 Å². The first-order valence-electron chi connectivity index (χ1n) is 7.86. The first kappa shape index (κ1) is 15.5. The average molecular weight is 348 g/mol. The lowest BCUT2D eigenvalue weighted by atomic mass is 10.2. The standard InChI is InChI=1S/C19H16N4OS/c1-12-6-3-4-8-15(12)21-18(24)16-11-25-19(22-16)14-10-23(2)17-13(14)7-5-9-20-17/h3-11H,1-2H3,(H,21,24). The molecule has 124 valence electrons. The van der Waals surface area contributed by atoms with Crippen LogP contribution < -0.4 is 5.32 Å². The van der Waals surface area contributed by atoms with Crippen molar-refractivity contribution in [1.82, 2.24) is 14.5 Å². The molecule has 4 rings (SSSR count). The van der Waals surface area contributed by atoms with Gasteiger partial charge in [-0.2, -0.15) is 0 Å². The molecule has 25 heavy (non-hydrogen) atoms. The minimum Gasteiger partial charge on any atom is -0.335 e. The number of aromatic nitrogens is 3. The number of hydrogen-bond donors (Lipinski definition) is 1. The van der Waals surface area contributed by atoms with Gasteiger partial charge in [0.15, 0.2) is 0 Å². The van der Waals surface area contributed by atoms with Gasteiger partial charge in [0.1, 0.15) is 16.3 Å². The molecule has 4 aromatic rings. The van der Waals surface area contributed by atoms with Crippen molar-refractivity contribution in [3.8, 4) is 10.6 Å². The second kappa shape index (κ2) is 6.14. The molecule has 0 unspecified atom stereocenters. The third-order valence-electron chi connectivity index (χ3n) is 4.09. The molecular formula is C19H16N4OS. The van der Waals surface area contributed by atoms with Crippen molar-refractivity contribution in [2.24, 2.45) is 7.05 Å². The second-order valence-electron chi connectivity index (χ2n) is 5.84. The fourth-order valence-electron chi connectivity index (χ4n) is 2.78. The van der Waals surface area contributed by atoms with E-state index in [0.717, 1.165) is 32.9 Å². The van der Waals surface area contributed by atoms with Gasteiger partial charge < -0.3 is 9.88 Å². The number of nitrogens with one attached hydrogen (secondary N) is 1. The lowest BCUT2D eigenvalue weighted by molar-refractivity contribution is 0.102. The molecule has 0 fully saturated rings. The number of pyridine rings is 1. The molecule has 1 N–H and O–H groups in total. The molecule has 0 aliphatic rings. The molecule has 0 aliphatic carbocycles. The van der Waals surface area contributed by atoms with Gasteiger partial charge in [-0.15, -0.1) is 11.3 Å². The van der Waals surface area contributed by atoms with E-state index in [2.05, 4.69) is 15.3 Å². The van der Waals surface area contributed by atoms with E-state index in [4.69, 9.17) is 0 Å². The Hall–Kier alpha value is -2.99. The van der Waals surface area contributed by atoms with Crippen LogP contribution in [0.5, 0.6) is 0 Å². The van der Waals surface area contributed by atoms with E-state index in [9.17, 15) is 4.79 Å². The zero-order valence-electron chi connectivity index (χ0n) is 13.9. The lowest BCUT2D eigenvalue weighted by Crippen LogP contribution is -2.13. The Labute approximate surface area is 149 Å². The number of amides is 1. The van der Waals surface area contributed by atoms with E-state index in [0.29, 0.717) is 5.69 Å². The summed E-state index contributed by atoms with van der Waals surface area (Å²) < 4.78 is 1.97. The lowest BCUT2D eigenvalue weighted by Gasteiger charge is -2.05. The maximum absolute atomic E-state index is 12.5. The monoisotopic (exact) mass is 348 g/mol. The smallest absolute Gasteiger partial charge is 0.275 e. The number of nitrogens with zero attached hydrogens (tertiary/aromatic N) is 3. The number of benzene rings is 1. The minimum absolute atomic E-state index is 0.199. The summed E-state index contributed by atoms with van der Waals surface area (Å²) >= 11 is 1.46. The van der Waals surface area contributed by atoms with Crippen LogP contribution in [0.3, 0.4) is 0 Å². The van der Waals surface area contributed by atoms with Crippen LogP contribution in [-0.4, -0.2) is 20.4 Å². The van der Waals surface area contributed by atoms with Gasteiger partial charge in [-0.1, -0.05) is 18.2 Å². The highest BCUT2D eigenvalue weighted by atomic mass is 32.1. The Kier molecular flexibility index (Phi) is 3.82. The number of thiazole rings is 1. The number of fused-ring (bicyclic) bond motifs is 1. The molecule has 6 heteroatoms. The SMILES string of the molecule is Cc1ccccc1NC(=O)c1csc(-c2cn(C)c3ncccc23)n1. The maximum atomic E-state index is 12.5. The maximum Gasteiger partial charge on any atom is 0.275 e. The normalized spacial score (nSPS) is 11.0. The van der Waals surface area contributed by atoms with Gasteiger partial charge in [0.25, 0.3) is 5.91 Å². The van der Waals surface area contributed by atoms with Gasteiger partial charge in [-0.25, -0.2) is 9.97 Å². The summed E-state index contributed by atoms with van der Waals surface area (Å²) in [6, 6.07) is 11.6. The summed E-state index contributed by atoms with van der Waals surface area (Å²) in [5, 5.41) is 6.56. The van der Waals surface area contributed by atoms with Crippen LogP contribution in [0.4, 0.5) is 5.69 Å². The first-order valence-corrected chi connectivity index (χ1v) is 8.74. The van der Waals surface area contributed by atoms with Gasteiger partial charge in [-0.3, -0.25) is 4.79 Å². The van der Waals surface area contributed by atoms with Gasteiger partial charge in [0, 0.05) is 41.5 Å². The summed E-state index contributed by atoms with van der Waals surface area (Å²) in [5.74, 6) is -0.199. The summed E-state index contributed by atoms with van der Waals surface area (Å²) in [6.45, 7) is 1.96. The van der Waals surface area contributed by atoms with Crippen LogP contribution in [-0.2, 0) is 7.05 Å². The first-order chi connectivity index (χ1) is 12.1. The number of para-hydroxylation sites is 1. The van der Waals surface area contributed by atoms with E-state index in [1.165, 1.54) is 11.3 Å². The van der Waals surface area contributed by atoms with E-state index in [-0.39, 0.29) is 5.91 Å². The second-order valence-corrected chi connectivity index (χ2v) is 6.69. The van der Waals surface area contributed by atoms with Crippen molar-refractivity contribution < 1.29 is 4.79 Å². The predicted molar refractivity (Wildman–Crippen MR) is 101 cm³/mol. The van der Waals surface area contributed by atoms with E-state index < -0.39 is 0 Å². The zero-order valence-corrected chi connectivity index (χ0v) is 14.7. The number of rotatable bonds is 3. The van der Waals surface area contributed by atoms with Gasteiger partial charge in [0.2, 0.25) is 0 Å². The molecular weight excluding hydrogens is 332 g/mol. The summed E-state index contributed by atoms with van der Waals surface area (Å²) in [7, 11) is 1.96. The quantitative estimate of drug-likeness (QED) is 0.602. The number of carbonyl (C=O) groups is 1. The Bertz CT molecular complexity index is 1080. The summed E-state index contributed by atoms with van der Waals surface area (Å²) in [5.41, 5.74) is 4.14. The fourth-order valence-corrected chi connectivity index (χ4v) is 3.61. The zero-order chi connectivity index (χ0) is 17.4. The Morgan fingerprint density at radius 3 is 2.88 bits per heavy atom. The molecule has 0 saturated carbocycles. The largest absolute Gasteiger partial charge is 0.335 e. The Morgan fingerprint density at radius 1 is 1.20 bits per heavy atom. The van der Waals surface area contributed by atoms with E-state index in [1.54, 1.807) is 11.6 Å². The number of aryl methyl sites for hydroxylation is 2. The van der Waals surface area contributed by atoms with E-state index >= 15 is 0 Å². The third kappa shape index (κ3) is 2.81. The van der Waals surface area contributed by atoms with Crippen LogP contribution >= 0.6 is 11.3 Å². The van der Waals surface area contributed by atoms with Crippen LogP contribution in [0, 0.1) is 6.92 Å². The molecule has 0 saturated heterocycles. The molecule has 5 nitrogen and oxygen atoms in total. The van der Waals surface area contributed by atoms with Crippen LogP contribution in [0.2, 0.25) is 0 Å². The number of hydrogen-bond acceptors (Lipinski definition) is 4. The molecule has 0 spiro atoms. The summed E-state index contributed by atoms with van der Waals surface area (Å²) in [6.07, 6.45) is 3.77. The molecule has 1 amide bonds. The molecule has 0 atom stereocenters. The molecule has 0 aliphatic heterocycles. The molecule has 0 bridgehead atoms. The van der Waals surface area contributed by atoms with E-state index in [1.807, 2.05) is 61.1 Å². The van der Waals surface area contributed by atoms with Crippen molar-refractivity contribution in [3.63, 3.8) is 0 Å². The number of carbonyl (C=O) groups excluding carboxylic acids is 1. The Balaban J connectivity index is 1.66. The van der Waals surface area contributed by atoms with Crippen molar-refractivity contribution in [3.05, 3.63) is 65.4 Å². The highest BCUT2D eigenvalue weighted by Crippen LogP contribution is 2.31. The molecule has 0 radical (unpaired) electrons. The van der Waals surface area contributed by atoms with Gasteiger partial charge in [-0.05, 0) is 30.7 Å². The fraction of sp³-hybridized carbons (Fsp3) is 0.105.